The molecule has 0 aliphatic heterocycles. The van der Waals surface area contributed by atoms with Gasteiger partial charge in [0, 0.05) is 5.54 Å². The minimum atomic E-state index is 0.479. The number of unbranched alkanes of at least 4 members (excludes halogenated alkanes) is 6. The van der Waals surface area contributed by atoms with E-state index in [2.05, 4.69) is 39.5 Å². The molecule has 0 spiro atoms. The van der Waals surface area contributed by atoms with Crippen LogP contribution in [0.1, 0.15) is 98.8 Å². The molecule has 116 valence electrons. The molecule has 0 heterocycles. The molecule has 0 atom stereocenters. The summed E-state index contributed by atoms with van der Waals surface area (Å²) in [5.74, 6) is 0. The predicted molar refractivity (Wildman–Crippen MR) is 88.8 cm³/mol. The molecule has 0 bridgehead atoms. The zero-order valence-corrected chi connectivity index (χ0v) is 14.4. The Morgan fingerprint density at radius 3 is 1.53 bits per heavy atom. The van der Waals surface area contributed by atoms with E-state index in [0.29, 0.717) is 5.54 Å². The third-order valence-corrected chi connectivity index (χ3v) is 5.00. The maximum absolute atomic E-state index is 2.70. The van der Waals surface area contributed by atoms with Crippen molar-refractivity contribution in [3.8, 4) is 0 Å². The van der Waals surface area contributed by atoms with Gasteiger partial charge in [0.15, 0.2) is 0 Å². The first-order valence-corrected chi connectivity index (χ1v) is 8.95. The highest BCUT2D eigenvalue weighted by Gasteiger charge is 2.30. The Morgan fingerprint density at radius 1 is 0.632 bits per heavy atom. The third kappa shape index (κ3) is 6.79. The van der Waals surface area contributed by atoms with E-state index >= 15 is 0 Å². The van der Waals surface area contributed by atoms with Crippen molar-refractivity contribution in [2.45, 2.75) is 104 Å². The fourth-order valence-corrected chi connectivity index (χ4v) is 3.51. The van der Waals surface area contributed by atoms with Gasteiger partial charge in [-0.05, 0) is 32.4 Å². The molecule has 0 saturated carbocycles. The van der Waals surface area contributed by atoms with Crippen LogP contribution >= 0.6 is 0 Å². The van der Waals surface area contributed by atoms with Crippen LogP contribution in [0.3, 0.4) is 0 Å². The predicted octanol–water partition coefficient (Wildman–Crippen LogP) is 6.03. The molecule has 0 aliphatic carbocycles. The number of nitrogens with zero attached hydrogens (tertiary/aromatic N) is 1. The van der Waals surface area contributed by atoms with Gasteiger partial charge in [-0.15, -0.1) is 0 Å². The van der Waals surface area contributed by atoms with Gasteiger partial charge in [0.05, 0.1) is 0 Å². The van der Waals surface area contributed by atoms with Crippen LogP contribution in [0.4, 0.5) is 0 Å². The van der Waals surface area contributed by atoms with Crippen molar-refractivity contribution in [1.29, 1.82) is 0 Å². The molecule has 0 unspecified atom stereocenters. The van der Waals surface area contributed by atoms with Gasteiger partial charge in [-0.1, -0.05) is 79.6 Å². The second-order valence-electron chi connectivity index (χ2n) is 5.98. The topological polar surface area (TPSA) is 3.24 Å². The van der Waals surface area contributed by atoms with Gasteiger partial charge in [0.1, 0.15) is 0 Å². The van der Waals surface area contributed by atoms with E-state index in [1.165, 1.54) is 77.3 Å². The van der Waals surface area contributed by atoms with Crippen molar-refractivity contribution < 1.29 is 0 Å². The SMILES string of the molecule is CCCCCCCCCC(CC)(CC)N(CC)CC. The fourth-order valence-electron chi connectivity index (χ4n) is 3.51. The monoisotopic (exact) mass is 269 g/mol. The van der Waals surface area contributed by atoms with Crippen molar-refractivity contribution >= 4 is 0 Å². The molecule has 0 aromatic carbocycles. The summed E-state index contributed by atoms with van der Waals surface area (Å²) in [5.41, 5.74) is 0.479. The van der Waals surface area contributed by atoms with Crippen molar-refractivity contribution in [3.05, 3.63) is 0 Å². The summed E-state index contributed by atoms with van der Waals surface area (Å²) in [7, 11) is 0. The fraction of sp³-hybridized carbons (Fsp3) is 1.00. The van der Waals surface area contributed by atoms with Crippen LogP contribution in [-0.4, -0.2) is 23.5 Å². The lowest BCUT2D eigenvalue weighted by Gasteiger charge is -2.42. The number of hydrogen-bond acceptors (Lipinski definition) is 1. The zero-order valence-electron chi connectivity index (χ0n) is 14.4. The molecule has 0 aliphatic rings. The first-order valence-electron chi connectivity index (χ1n) is 8.95. The van der Waals surface area contributed by atoms with E-state index in [-0.39, 0.29) is 0 Å². The van der Waals surface area contributed by atoms with E-state index in [1.54, 1.807) is 0 Å². The Kier molecular flexibility index (Phi) is 11.7. The van der Waals surface area contributed by atoms with Gasteiger partial charge < -0.3 is 0 Å². The van der Waals surface area contributed by atoms with Crippen LogP contribution < -0.4 is 0 Å². The normalized spacial score (nSPS) is 12.3. The Labute approximate surface area is 123 Å². The molecule has 1 nitrogen and oxygen atoms in total. The summed E-state index contributed by atoms with van der Waals surface area (Å²) >= 11 is 0. The summed E-state index contributed by atoms with van der Waals surface area (Å²) in [4.78, 5) is 2.70. The summed E-state index contributed by atoms with van der Waals surface area (Å²) < 4.78 is 0. The van der Waals surface area contributed by atoms with E-state index in [4.69, 9.17) is 0 Å². The third-order valence-electron chi connectivity index (χ3n) is 5.00. The Hall–Kier alpha value is -0.0400. The van der Waals surface area contributed by atoms with Crippen LogP contribution in [-0.2, 0) is 0 Å². The number of hydrogen-bond donors (Lipinski definition) is 0. The Balaban J connectivity index is 4.00. The largest absolute Gasteiger partial charge is 0.298 e. The molecule has 0 fully saturated rings. The summed E-state index contributed by atoms with van der Waals surface area (Å²) in [6.45, 7) is 14.1. The maximum Gasteiger partial charge on any atom is 0.0204 e. The van der Waals surface area contributed by atoms with Gasteiger partial charge >= 0.3 is 0 Å². The molecule has 19 heavy (non-hydrogen) atoms. The quantitative estimate of drug-likeness (QED) is 0.369. The molecular weight excluding hydrogens is 230 g/mol. The first-order chi connectivity index (χ1) is 9.20. The van der Waals surface area contributed by atoms with Gasteiger partial charge in [-0.25, -0.2) is 0 Å². The van der Waals surface area contributed by atoms with Crippen molar-refractivity contribution in [1.82, 2.24) is 4.90 Å². The smallest absolute Gasteiger partial charge is 0.0204 e. The molecule has 0 aromatic rings. The molecule has 0 N–H and O–H groups in total. The Morgan fingerprint density at radius 2 is 1.11 bits per heavy atom. The summed E-state index contributed by atoms with van der Waals surface area (Å²) in [6.07, 6.45) is 14.0. The van der Waals surface area contributed by atoms with Crippen LogP contribution in [0.25, 0.3) is 0 Å². The highest BCUT2D eigenvalue weighted by atomic mass is 15.2. The van der Waals surface area contributed by atoms with Crippen LogP contribution in [0, 0.1) is 0 Å². The van der Waals surface area contributed by atoms with Gasteiger partial charge in [-0.3, -0.25) is 4.90 Å². The van der Waals surface area contributed by atoms with Crippen LogP contribution in [0.2, 0.25) is 0 Å². The minimum Gasteiger partial charge on any atom is -0.298 e. The molecule has 0 saturated heterocycles. The lowest BCUT2D eigenvalue weighted by atomic mass is 9.84. The van der Waals surface area contributed by atoms with Gasteiger partial charge in [-0.2, -0.15) is 0 Å². The van der Waals surface area contributed by atoms with Gasteiger partial charge in [0.2, 0.25) is 0 Å². The molecule has 1 heteroatoms. The van der Waals surface area contributed by atoms with Crippen molar-refractivity contribution in [2.24, 2.45) is 0 Å². The Bertz CT molecular complexity index is 180. The van der Waals surface area contributed by atoms with Gasteiger partial charge in [0.25, 0.3) is 0 Å². The average molecular weight is 270 g/mol. The zero-order chi connectivity index (χ0) is 14.6. The highest BCUT2D eigenvalue weighted by molar-refractivity contribution is 4.87. The summed E-state index contributed by atoms with van der Waals surface area (Å²) in [5, 5.41) is 0. The average Bonchev–Trinajstić information content (AvgIpc) is 2.45. The standard InChI is InChI=1S/C18H39N/c1-6-11-12-13-14-15-16-17-18(7-2,8-3)19(9-4)10-5/h6-17H2,1-5H3. The molecular formula is C18H39N. The maximum atomic E-state index is 2.70. The van der Waals surface area contributed by atoms with Crippen molar-refractivity contribution in [3.63, 3.8) is 0 Å². The van der Waals surface area contributed by atoms with E-state index in [1.807, 2.05) is 0 Å². The number of rotatable bonds is 13. The van der Waals surface area contributed by atoms with E-state index < -0.39 is 0 Å². The lowest BCUT2D eigenvalue weighted by molar-refractivity contribution is 0.0774. The molecule has 0 aromatic heterocycles. The molecule has 0 rings (SSSR count). The minimum absolute atomic E-state index is 0.479. The second-order valence-corrected chi connectivity index (χ2v) is 5.98. The van der Waals surface area contributed by atoms with E-state index in [9.17, 15) is 0 Å². The summed E-state index contributed by atoms with van der Waals surface area (Å²) in [6, 6.07) is 0. The van der Waals surface area contributed by atoms with Crippen LogP contribution in [0.5, 0.6) is 0 Å². The highest BCUT2D eigenvalue weighted by Crippen LogP contribution is 2.30. The van der Waals surface area contributed by atoms with E-state index in [0.717, 1.165) is 0 Å². The second kappa shape index (κ2) is 11.8. The lowest BCUT2D eigenvalue weighted by Crippen LogP contribution is -2.47. The van der Waals surface area contributed by atoms with Crippen LogP contribution in [0.15, 0.2) is 0 Å². The molecule has 0 amide bonds. The van der Waals surface area contributed by atoms with Crippen molar-refractivity contribution in [2.75, 3.05) is 13.1 Å². The molecule has 0 radical (unpaired) electrons. The first kappa shape index (κ1) is 19.0.